The van der Waals surface area contributed by atoms with E-state index in [0.29, 0.717) is 34.2 Å². The summed E-state index contributed by atoms with van der Waals surface area (Å²) >= 11 is 0. The summed E-state index contributed by atoms with van der Waals surface area (Å²) in [7, 11) is 0. The molecule has 0 unspecified atom stereocenters. The molecule has 6 N–H and O–H groups in total. The van der Waals surface area contributed by atoms with Crippen LogP contribution in [0.1, 0.15) is 26.4 Å². The number of aromatic nitrogens is 4. The molecular weight excluding hydrogens is 470 g/mol. The van der Waals surface area contributed by atoms with E-state index in [2.05, 4.69) is 26.3 Å². The van der Waals surface area contributed by atoms with Gasteiger partial charge in [-0.05, 0) is 36.4 Å². The molecule has 4 aromatic rings. The molecule has 5 rings (SSSR count). The Morgan fingerprint density at radius 2 is 1.44 bits per heavy atom. The minimum atomic E-state index is -1.24. The van der Waals surface area contributed by atoms with Gasteiger partial charge < -0.3 is 20.4 Å². The maximum absolute atomic E-state index is 11.1. The first-order valence-electron chi connectivity index (χ1n) is 10.4. The molecule has 0 fully saturated rings. The lowest BCUT2D eigenvalue weighted by atomic mass is 10.2. The second-order valence-corrected chi connectivity index (χ2v) is 7.62. The van der Waals surface area contributed by atoms with Crippen molar-refractivity contribution in [3.05, 3.63) is 83.8 Å². The molecule has 13 heteroatoms. The average Bonchev–Trinajstić information content (AvgIpc) is 3.54. The van der Waals surface area contributed by atoms with E-state index in [4.69, 9.17) is 10.2 Å². The summed E-state index contributed by atoms with van der Waals surface area (Å²) < 4.78 is 1.39. The minimum Gasteiger partial charge on any atom is -0.507 e. The Kier molecular flexibility index (Phi) is 5.43. The number of aromatic carboxylic acids is 2. The fraction of sp³-hybridized carbons (Fsp3) is 0. The number of benzene rings is 2. The first-order chi connectivity index (χ1) is 17.3. The lowest BCUT2D eigenvalue weighted by molar-refractivity contribution is 0.0682. The predicted octanol–water partition coefficient (Wildman–Crippen LogP) is 1.96. The number of nitrogens with one attached hydrogen (secondary N) is 2. The molecule has 2 aromatic heterocycles. The fourth-order valence-corrected chi connectivity index (χ4v) is 3.51. The molecule has 1 aliphatic heterocycles. The van der Waals surface area contributed by atoms with Crippen molar-refractivity contribution < 1.29 is 30.0 Å². The number of hydrogen-bond acceptors (Lipinski definition) is 10. The molecule has 0 aliphatic carbocycles. The van der Waals surface area contributed by atoms with Crippen LogP contribution in [0, 0.1) is 0 Å². The van der Waals surface area contributed by atoms with E-state index in [1.165, 1.54) is 35.0 Å². The molecule has 36 heavy (non-hydrogen) atoms. The van der Waals surface area contributed by atoms with Gasteiger partial charge in [-0.3, -0.25) is 10.4 Å². The van der Waals surface area contributed by atoms with Crippen LogP contribution < -0.4 is 16.0 Å². The smallest absolute Gasteiger partial charge is 0.339 e. The number of pyridine rings is 1. The van der Waals surface area contributed by atoms with Gasteiger partial charge in [-0.15, -0.1) is 10.6 Å². The van der Waals surface area contributed by atoms with Crippen molar-refractivity contribution in [2.24, 2.45) is 0 Å². The van der Waals surface area contributed by atoms with Gasteiger partial charge in [0.1, 0.15) is 28.3 Å². The molecule has 0 spiro atoms. The Morgan fingerprint density at radius 1 is 0.806 bits per heavy atom. The van der Waals surface area contributed by atoms with Crippen molar-refractivity contribution in [2.45, 2.75) is 0 Å². The van der Waals surface area contributed by atoms with Gasteiger partial charge in [0.2, 0.25) is 0 Å². The van der Waals surface area contributed by atoms with Crippen LogP contribution in [0.5, 0.6) is 11.5 Å². The topological polar surface area (TPSA) is 186 Å². The predicted molar refractivity (Wildman–Crippen MR) is 125 cm³/mol. The van der Waals surface area contributed by atoms with Crippen molar-refractivity contribution in [2.75, 3.05) is 5.01 Å². The van der Waals surface area contributed by atoms with Crippen LogP contribution in [0.2, 0.25) is 0 Å². The van der Waals surface area contributed by atoms with Crippen LogP contribution in [0.4, 0.5) is 5.69 Å². The highest BCUT2D eigenvalue weighted by Crippen LogP contribution is 2.27. The number of hydrogen-bond donors (Lipinski definition) is 6. The Bertz CT molecular complexity index is 1550. The normalized spacial score (nSPS) is 12.8. The third kappa shape index (κ3) is 4.12. The van der Waals surface area contributed by atoms with E-state index in [-0.39, 0.29) is 22.6 Å². The van der Waals surface area contributed by atoms with Crippen LogP contribution >= 0.6 is 0 Å². The SMILES string of the molecule is O=C(O)c1ccc(N2C=C(c3cccc(-c4cn(-c5ccc(C(=O)O)c(O)c5)nn4)n3)NN2)cc1O. The number of rotatable bonds is 6. The second kappa shape index (κ2) is 8.73. The van der Waals surface area contributed by atoms with Crippen molar-refractivity contribution >= 4 is 23.3 Å². The first kappa shape index (κ1) is 22.4. The number of carbonyl (C=O) groups is 2. The third-order valence-corrected chi connectivity index (χ3v) is 5.32. The van der Waals surface area contributed by atoms with Crippen LogP contribution in [-0.4, -0.2) is 52.3 Å². The lowest BCUT2D eigenvalue weighted by Gasteiger charge is -2.15. The minimum absolute atomic E-state index is 0.203. The van der Waals surface area contributed by atoms with E-state index in [1.54, 1.807) is 41.7 Å². The molecule has 0 saturated carbocycles. The van der Waals surface area contributed by atoms with Crippen LogP contribution in [0.3, 0.4) is 0 Å². The zero-order valence-corrected chi connectivity index (χ0v) is 18.2. The van der Waals surface area contributed by atoms with Gasteiger partial charge in [0, 0.05) is 12.1 Å². The molecule has 180 valence electrons. The zero-order chi connectivity index (χ0) is 25.4. The number of hydrazine groups is 2. The molecule has 0 amide bonds. The third-order valence-electron chi connectivity index (χ3n) is 5.32. The van der Waals surface area contributed by atoms with Crippen molar-refractivity contribution in [3.63, 3.8) is 0 Å². The van der Waals surface area contributed by atoms with Gasteiger partial charge in [-0.25, -0.2) is 19.3 Å². The van der Waals surface area contributed by atoms with E-state index in [9.17, 15) is 19.8 Å². The average molecular weight is 487 g/mol. The molecule has 13 nitrogen and oxygen atoms in total. The summed E-state index contributed by atoms with van der Waals surface area (Å²) in [4.78, 5) is 26.8. The molecule has 2 aromatic carbocycles. The largest absolute Gasteiger partial charge is 0.507 e. The van der Waals surface area contributed by atoms with E-state index < -0.39 is 11.9 Å². The number of anilines is 1. The Morgan fingerprint density at radius 3 is 2.11 bits per heavy atom. The van der Waals surface area contributed by atoms with Crippen LogP contribution in [0.25, 0.3) is 22.8 Å². The van der Waals surface area contributed by atoms with Gasteiger partial charge in [0.15, 0.2) is 0 Å². The zero-order valence-electron chi connectivity index (χ0n) is 18.2. The van der Waals surface area contributed by atoms with Crippen LogP contribution in [0.15, 0.2) is 67.0 Å². The van der Waals surface area contributed by atoms with Crippen molar-refractivity contribution in [3.8, 4) is 28.6 Å². The number of aromatic hydroxyl groups is 2. The Hall–Kier alpha value is -5.43. The highest BCUT2D eigenvalue weighted by Gasteiger charge is 2.19. The number of carboxylic acid groups (broad SMARTS) is 2. The van der Waals surface area contributed by atoms with E-state index in [1.807, 2.05) is 0 Å². The molecule has 0 saturated heterocycles. The summed E-state index contributed by atoms with van der Waals surface area (Å²) in [5, 5.41) is 47.8. The highest BCUT2D eigenvalue weighted by molar-refractivity contribution is 5.92. The van der Waals surface area contributed by atoms with Crippen LogP contribution in [-0.2, 0) is 0 Å². The number of phenols is 2. The summed E-state index contributed by atoms with van der Waals surface area (Å²) in [6.45, 7) is 0. The number of carboxylic acids is 2. The van der Waals surface area contributed by atoms with E-state index in [0.717, 1.165) is 0 Å². The monoisotopic (exact) mass is 487 g/mol. The van der Waals surface area contributed by atoms with Gasteiger partial charge >= 0.3 is 11.9 Å². The second-order valence-electron chi connectivity index (χ2n) is 7.62. The molecule has 0 bridgehead atoms. The summed E-state index contributed by atoms with van der Waals surface area (Å²) in [6, 6.07) is 13.5. The molecule has 0 radical (unpaired) electrons. The molecule has 1 aliphatic rings. The summed E-state index contributed by atoms with van der Waals surface area (Å²) in [5.74, 6) is -3.22. The Balaban J connectivity index is 1.39. The van der Waals surface area contributed by atoms with Gasteiger partial charge in [-0.1, -0.05) is 11.3 Å². The van der Waals surface area contributed by atoms with Gasteiger partial charge in [-0.2, -0.15) is 0 Å². The highest BCUT2D eigenvalue weighted by atomic mass is 16.4. The first-order valence-corrected chi connectivity index (χ1v) is 10.4. The quantitative estimate of drug-likeness (QED) is 0.232. The molecule has 3 heterocycles. The molecular formula is C23H17N7O6. The van der Waals surface area contributed by atoms with E-state index >= 15 is 0 Å². The number of nitrogens with zero attached hydrogens (tertiary/aromatic N) is 5. The fourth-order valence-electron chi connectivity index (χ4n) is 3.51. The maximum atomic E-state index is 11.1. The summed E-state index contributed by atoms with van der Waals surface area (Å²) in [6.07, 6.45) is 3.28. The molecule has 0 atom stereocenters. The standard InChI is InChI=1S/C23H17N7O6/c31-20-8-12(4-6-14(20)22(33)34)29-10-18(25-27-29)16-2-1-3-17(24-16)19-11-30(28-26-19)13-5-7-15(23(35)36)21(32)9-13/h1-11,25,27,31-32H,(H,33,34)(H,35,36). The van der Waals surface area contributed by atoms with Gasteiger partial charge in [0.05, 0.1) is 40.9 Å². The Labute approximate surface area is 202 Å². The maximum Gasteiger partial charge on any atom is 0.339 e. The van der Waals surface area contributed by atoms with Gasteiger partial charge in [0.25, 0.3) is 0 Å². The van der Waals surface area contributed by atoms with Crippen molar-refractivity contribution in [1.29, 1.82) is 0 Å². The summed E-state index contributed by atoms with van der Waals surface area (Å²) in [5.41, 5.74) is 8.47. The van der Waals surface area contributed by atoms with Crippen molar-refractivity contribution in [1.82, 2.24) is 30.9 Å². The lowest BCUT2D eigenvalue weighted by Crippen LogP contribution is -2.36.